The standard InChI is InChI=1S/C20H16FN5O4/c1-11-2-7-14(26(29)30)8-16(11)23-18(27)9-17-20(28)24-19-15(10-22-25(17)19)12-3-5-13(21)6-4-12/h2-8,10,17H,9H2,1H3,(H,23,27)(H,24,28). The Hall–Kier alpha value is -4.08. The van der Waals surface area contributed by atoms with Gasteiger partial charge in [0.1, 0.15) is 17.7 Å². The zero-order chi connectivity index (χ0) is 21.4. The summed E-state index contributed by atoms with van der Waals surface area (Å²) in [6.45, 7) is 1.71. The zero-order valence-corrected chi connectivity index (χ0v) is 15.8. The second-order valence-corrected chi connectivity index (χ2v) is 6.87. The molecule has 1 atom stereocenters. The predicted molar refractivity (Wildman–Crippen MR) is 106 cm³/mol. The zero-order valence-electron chi connectivity index (χ0n) is 15.8. The average Bonchev–Trinajstić information content (AvgIpc) is 3.23. The molecule has 4 rings (SSSR count). The number of benzene rings is 2. The highest BCUT2D eigenvalue weighted by Gasteiger charge is 2.35. The van der Waals surface area contributed by atoms with Crippen molar-refractivity contribution >= 4 is 29.0 Å². The summed E-state index contributed by atoms with van der Waals surface area (Å²) in [6, 6.07) is 9.06. The van der Waals surface area contributed by atoms with Crippen LogP contribution in [0.5, 0.6) is 0 Å². The minimum atomic E-state index is -0.867. The van der Waals surface area contributed by atoms with Gasteiger partial charge in [-0.2, -0.15) is 5.10 Å². The van der Waals surface area contributed by atoms with Crippen molar-refractivity contribution in [1.82, 2.24) is 9.78 Å². The molecule has 1 aliphatic heterocycles. The van der Waals surface area contributed by atoms with Crippen molar-refractivity contribution in [2.24, 2.45) is 0 Å². The molecule has 1 aromatic heterocycles. The van der Waals surface area contributed by atoms with Gasteiger partial charge in [-0.15, -0.1) is 0 Å². The number of rotatable bonds is 5. The Morgan fingerprint density at radius 2 is 2.03 bits per heavy atom. The highest BCUT2D eigenvalue weighted by Crippen LogP contribution is 2.36. The molecule has 0 fully saturated rings. The Labute approximate surface area is 169 Å². The molecule has 152 valence electrons. The lowest BCUT2D eigenvalue weighted by Crippen LogP contribution is -2.23. The number of hydrogen-bond acceptors (Lipinski definition) is 5. The van der Waals surface area contributed by atoms with Crippen LogP contribution in [0.4, 0.5) is 21.6 Å². The van der Waals surface area contributed by atoms with E-state index < -0.39 is 22.8 Å². The number of aromatic nitrogens is 2. The molecular weight excluding hydrogens is 393 g/mol. The van der Waals surface area contributed by atoms with Gasteiger partial charge in [0.15, 0.2) is 0 Å². The van der Waals surface area contributed by atoms with Gasteiger partial charge in [0.05, 0.1) is 23.2 Å². The van der Waals surface area contributed by atoms with Crippen LogP contribution in [-0.2, 0) is 9.59 Å². The van der Waals surface area contributed by atoms with Crippen LogP contribution < -0.4 is 10.6 Å². The summed E-state index contributed by atoms with van der Waals surface area (Å²) in [6.07, 6.45) is 1.34. The summed E-state index contributed by atoms with van der Waals surface area (Å²) >= 11 is 0. The van der Waals surface area contributed by atoms with E-state index in [-0.39, 0.29) is 17.9 Å². The third kappa shape index (κ3) is 3.50. The summed E-state index contributed by atoms with van der Waals surface area (Å²) in [7, 11) is 0. The Kier molecular flexibility index (Phi) is 4.74. The third-order valence-corrected chi connectivity index (χ3v) is 4.87. The lowest BCUT2D eigenvalue weighted by molar-refractivity contribution is -0.384. The van der Waals surface area contributed by atoms with Gasteiger partial charge in [-0.25, -0.2) is 9.07 Å². The van der Waals surface area contributed by atoms with E-state index in [0.29, 0.717) is 28.2 Å². The van der Waals surface area contributed by atoms with Crippen molar-refractivity contribution < 1.29 is 18.9 Å². The number of nitrogens with one attached hydrogen (secondary N) is 2. The third-order valence-electron chi connectivity index (χ3n) is 4.87. The monoisotopic (exact) mass is 409 g/mol. The topological polar surface area (TPSA) is 119 Å². The quantitative estimate of drug-likeness (QED) is 0.494. The van der Waals surface area contributed by atoms with E-state index in [1.807, 2.05) is 0 Å². The molecule has 30 heavy (non-hydrogen) atoms. The molecule has 0 radical (unpaired) electrons. The number of carbonyl (C=O) groups is 2. The van der Waals surface area contributed by atoms with Crippen LogP contribution in [0.2, 0.25) is 0 Å². The Morgan fingerprint density at radius 3 is 2.73 bits per heavy atom. The molecule has 10 heteroatoms. The van der Waals surface area contributed by atoms with Crippen LogP contribution in [-0.4, -0.2) is 26.5 Å². The summed E-state index contributed by atoms with van der Waals surface area (Å²) in [5, 5.41) is 20.5. The number of fused-ring (bicyclic) bond motifs is 1. The first kappa shape index (κ1) is 19.2. The molecule has 2 heterocycles. The van der Waals surface area contributed by atoms with Crippen molar-refractivity contribution in [2.45, 2.75) is 19.4 Å². The van der Waals surface area contributed by atoms with Crippen molar-refractivity contribution in [2.75, 3.05) is 10.6 Å². The Balaban J connectivity index is 1.54. The molecule has 0 saturated carbocycles. The van der Waals surface area contributed by atoms with E-state index in [2.05, 4.69) is 15.7 Å². The van der Waals surface area contributed by atoms with Gasteiger partial charge >= 0.3 is 0 Å². The number of nitro groups is 1. The average molecular weight is 409 g/mol. The van der Waals surface area contributed by atoms with Crippen LogP contribution in [0.3, 0.4) is 0 Å². The number of anilines is 2. The fourth-order valence-corrected chi connectivity index (χ4v) is 3.29. The SMILES string of the molecule is Cc1ccc([N+](=O)[O-])cc1NC(=O)CC1C(=O)Nc2c(-c3ccc(F)cc3)cnn21. The molecule has 1 unspecified atom stereocenters. The number of carbonyl (C=O) groups excluding carboxylic acids is 2. The van der Waals surface area contributed by atoms with E-state index in [0.717, 1.165) is 0 Å². The van der Waals surface area contributed by atoms with E-state index >= 15 is 0 Å². The second kappa shape index (κ2) is 7.39. The number of nitrogens with zero attached hydrogens (tertiary/aromatic N) is 3. The second-order valence-electron chi connectivity index (χ2n) is 6.87. The van der Waals surface area contributed by atoms with Crippen LogP contribution in [0.25, 0.3) is 11.1 Å². The Bertz CT molecular complexity index is 1170. The number of aryl methyl sites for hydroxylation is 1. The van der Waals surface area contributed by atoms with Crippen molar-refractivity contribution in [1.29, 1.82) is 0 Å². The fraction of sp³-hybridized carbons (Fsp3) is 0.150. The van der Waals surface area contributed by atoms with Crippen LogP contribution in [0, 0.1) is 22.9 Å². The molecule has 3 aromatic rings. The van der Waals surface area contributed by atoms with E-state index in [1.165, 1.54) is 41.2 Å². The highest BCUT2D eigenvalue weighted by molar-refractivity contribution is 6.04. The molecule has 0 saturated heterocycles. The predicted octanol–water partition coefficient (Wildman–Crippen LogP) is 3.43. The fourth-order valence-electron chi connectivity index (χ4n) is 3.29. The van der Waals surface area contributed by atoms with Gasteiger partial charge in [0.25, 0.3) is 11.6 Å². The Morgan fingerprint density at radius 1 is 1.30 bits per heavy atom. The molecule has 9 nitrogen and oxygen atoms in total. The maximum absolute atomic E-state index is 13.2. The molecule has 2 aromatic carbocycles. The number of halogens is 1. The highest BCUT2D eigenvalue weighted by atomic mass is 19.1. The van der Waals surface area contributed by atoms with Crippen molar-refractivity contribution in [3.05, 3.63) is 70.2 Å². The minimum Gasteiger partial charge on any atom is -0.326 e. The minimum absolute atomic E-state index is 0.146. The van der Waals surface area contributed by atoms with Gasteiger partial charge < -0.3 is 10.6 Å². The molecule has 0 spiro atoms. The first-order valence-corrected chi connectivity index (χ1v) is 9.02. The van der Waals surface area contributed by atoms with Crippen molar-refractivity contribution in [3.63, 3.8) is 0 Å². The van der Waals surface area contributed by atoms with E-state index in [4.69, 9.17) is 0 Å². The largest absolute Gasteiger partial charge is 0.326 e. The number of nitro benzene ring substituents is 1. The van der Waals surface area contributed by atoms with Crippen molar-refractivity contribution in [3.8, 4) is 11.1 Å². The number of amides is 2. The molecular formula is C20H16FN5O4. The summed E-state index contributed by atoms with van der Waals surface area (Å²) in [5.74, 6) is -0.827. The van der Waals surface area contributed by atoms with Gasteiger partial charge in [-0.05, 0) is 30.2 Å². The van der Waals surface area contributed by atoms with Gasteiger partial charge in [0.2, 0.25) is 5.91 Å². The first-order valence-electron chi connectivity index (χ1n) is 9.02. The van der Waals surface area contributed by atoms with Gasteiger partial charge in [0, 0.05) is 17.7 Å². The molecule has 2 N–H and O–H groups in total. The van der Waals surface area contributed by atoms with Crippen LogP contribution in [0.15, 0.2) is 48.7 Å². The summed E-state index contributed by atoms with van der Waals surface area (Å²) in [4.78, 5) is 35.4. The number of hydrogen-bond donors (Lipinski definition) is 2. The molecule has 0 bridgehead atoms. The van der Waals surface area contributed by atoms with Gasteiger partial charge in [-0.3, -0.25) is 19.7 Å². The molecule has 0 aliphatic carbocycles. The van der Waals surface area contributed by atoms with Crippen LogP contribution in [0.1, 0.15) is 18.0 Å². The van der Waals surface area contributed by atoms with E-state index in [1.54, 1.807) is 19.1 Å². The lowest BCUT2D eigenvalue weighted by atomic mass is 10.1. The maximum Gasteiger partial charge on any atom is 0.271 e. The summed E-state index contributed by atoms with van der Waals surface area (Å²) < 4.78 is 14.6. The van der Waals surface area contributed by atoms with E-state index in [9.17, 15) is 24.1 Å². The normalized spacial score (nSPS) is 14.9. The van der Waals surface area contributed by atoms with Gasteiger partial charge in [-0.1, -0.05) is 18.2 Å². The smallest absolute Gasteiger partial charge is 0.271 e. The first-order chi connectivity index (χ1) is 14.3. The molecule has 2 amide bonds. The summed E-state index contributed by atoms with van der Waals surface area (Å²) in [5.41, 5.74) is 2.10. The van der Waals surface area contributed by atoms with Crippen LogP contribution >= 0.6 is 0 Å². The lowest BCUT2D eigenvalue weighted by Gasteiger charge is -2.11. The number of non-ortho nitro benzene ring substituents is 1. The molecule has 1 aliphatic rings. The maximum atomic E-state index is 13.2.